The number of nitrogens with zero attached hydrogens (tertiary/aromatic N) is 3. The summed E-state index contributed by atoms with van der Waals surface area (Å²) >= 11 is 0. The highest BCUT2D eigenvalue weighted by Gasteiger charge is 2.26. The maximum absolute atomic E-state index is 13.0. The van der Waals surface area contributed by atoms with Crippen LogP contribution in [-0.4, -0.2) is 142 Å². The van der Waals surface area contributed by atoms with Crippen LogP contribution in [0.15, 0.2) is 158 Å². The van der Waals surface area contributed by atoms with Gasteiger partial charge in [-0.3, -0.25) is 63.9 Å². The van der Waals surface area contributed by atoms with Crippen molar-refractivity contribution in [1.82, 2.24) is 0 Å². The summed E-state index contributed by atoms with van der Waals surface area (Å²) < 4.78 is 54.2. The Hall–Kier alpha value is -14.7. The predicted molar refractivity (Wildman–Crippen MR) is 465 cm³/mol. The molecule has 0 bridgehead atoms. The highest BCUT2D eigenvalue weighted by molar-refractivity contribution is 6.09. The maximum atomic E-state index is 13.0. The summed E-state index contributed by atoms with van der Waals surface area (Å²) in [4.78, 5) is 142. The van der Waals surface area contributed by atoms with Crippen LogP contribution in [0.4, 0.5) is 45.5 Å². The number of nitrogens with two attached hydrogens (primary N) is 3. The normalized spacial score (nSPS) is 10.7. The van der Waals surface area contributed by atoms with Gasteiger partial charge in [0.05, 0.1) is 121 Å². The first-order valence-corrected chi connectivity index (χ1v) is 39.0. The first-order chi connectivity index (χ1) is 58.9. The molecule has 124 heavy (non-hydrogen) atoms. The predicted octanol–water partition coefficient (Wildman–Crippen LogP) is 15.2. The van der Waals surface area contributed by atoms with Crippen molar-refractivity contribution in [2.24, 2.45) is 40.9 Å². The Morgan fingerprint density at radius 1 is 0.403 bits per heavy atom. The lowest BCUT2D eigenvalue weighted by Gasteiger charge is -2.17. The second-order valence-corrected chi connectivity index (χ2v) is 28.8. The molecule has 11 N–H and O–H groups in total. The van der Waals surface area contributed by atoms with E-state index in [1.165, 1.54) is 143 Å². The largest absolute Gasteiger partial charge is 0.495 e. The summed E-state index contributed by atoms with van der Waals surface area (Å²) in [5, 5.41) is 47.1. The van der Waals surface area contributed by atoms with Crippen molar-refractivity contribution in [2.75, 3.05) is 94.1 Å². The molecule has 8 rings (SSSR count). The zero-order valence-electron chi connectivity index (χ0n) is 71.4. The summed E-state index contributed by atoms with van der Waals surface area (Å²) in [6.07, 6.45) is 3.44. The minimum atomic E-state index is -0.616. The number of esters is 2. The van der Waals surface area contributed by atoms with Gasteiger partial charge in [-0.05, 0) is 153 Å². The summed E-state index contributed by atoms with van der Waals surface area (Å²) in [6.45, 7) is 26.7. The van der Waals surface area contributed by atoms with E-state index in [1.807, 2.05) is 69.2 Å². The van der Waals surface area contributed by atoms with E-state index >= 15 is 0 Å². The molecule has 0 heterocycles. The second kappa shape index (κ2) is 49.8. The molecular formula is C88H105N11O25. The van der Waals surface area contributed by atoms with Crippen LogP contribution in [0, 0.1) is 54.0 Å². The Labute approximate surface area is 716 Å². The van der Waals surface area contributed by atoms with Crippen LogP contribution < -0.4 is 81.7 Å². The highest BCUT2D eigenvalue weighted by atomic mass is 16.6. The van der Waals surface area contributed by atoms with Gasteiger partial charge in [-0.15, -0.1) is 0 Å². The van der Waals surface area contributed by atoms with Gasteiger partial charge in [0.1, 0.15) is 35.4 Å². The average molecular weight is 1720 g/mol. The second-order valence-electron chi connectivity index (χ2n) is 28.8. The Balaban J connectivity index is 0.000000294. The number of unbranched alkanes of at least 4 members (excludes halogenated alkanes) is 1. The molecule has 8 aromatic carbocycles. The van der Waals surface area contributed by atoms with Crippen LogP contribution in [-0.2, 0) is 14.3 Å². The topological polar surface area (TPSA) is 514 Å². The number of nitro benzene ring substituents is 3. The Morgan fingerprint density at radius 3 is 1.06 bits per heavy atom. The van der Waals surface area contributed by atoms with Crippen LogP contribution in [0.5, 0.6) is 46.0 Å². The van der Waals surface area contributed by atoms with E-state index in [0.717, 1.165) is 12.8 Å². The molecule has 662 valence electrons. The lowest BCUT2D eigenvalue weighted by atomic mass is 10.1. The molecule has 8 aromatic rings. The van der Waals surface area contributed by atoms with E-state index in [4.69, 9.17) is 64.6 Å². The summed E-state index contributed by atoms with van der Waals surface area (Å²) in [5.41, 5.74) is 19.1. The number of hydrogen-bond donors (Lipinski definition) is 8. The molecule has 7 amide bonds. The standard InChI is InChI=1S/C25H33N3O6.2C22H27N3O6.C19H18N2O7/c1-15(2)13-33-21-10-17(6-8-19(21)27-23(29)12-26)24(30)28-20-9-7-18(25(31)32-5)11-22(20)34-14-16(3)4;1-5-14(4)31-20-11-16(7-9-18(20)25(28)29)22(27)24-17-8-6-15(21(23)26)10-19(17)30-12-13(2)3;1-4-5-10-30-20-12-16(7-9-18(20)25(28)29)22(27)24-17-8-6-15(21(23)26)11-19(17)31-13-14(2)3;1-4-9-28-19(23)13-5-7-14(16(11-13)26-2)20-18(22)12-6-8-15(21(24)25)17(10-12)27-3/h6-11,15-16H,12-14,26H2,1-5H3,(H,27,29)(H,28,30);6-11,13-14H,5,12H2,1-4H3,(H2,23,26)(H,24,27);6-9,11-12,14H,4-5,10,13H2,1-3H3,(H2,23,26)(H,24,27);4-8,10-11H,1,9H2,2-3H3,(H,20,22). The summed E-state index contributed by atoms with van der Waals surface area (Å²) in [6, 6.07) is 34.3. The van der Waals surface area contributed by atoms with E-state index < -0.39 is 62.2 Å². The fourth-order valence-electron chi connectivity index (χ4n) is 10.2. The van der Waals surface area contributed by atoms with Crippen LogP contribution in [0.1, 0.15) is 178 Å². The maximum Gasteiger partial charge on any atom is 0.338 e. The number of anilines is 5. The van der Waals surface area contributed by atoms with Crippen LogP contribution in [0.2, 0.25) is 0 Å². The number of ether oxygens (including phenoxy) is 10. The SMILES string of the molecule is C=CCOC(=O)c1ccc(NC(=O)c2ccc([N+](=O)[O-])c(OC)c2)c(OC)c1.CCC(C)Oc1cc(C(=O)Nc2ccc(C(N)=O)cc2OCC(C)C)ccc1[N+](=O)[O-].CCCCOc1cc(C(=O)Nc2ccc(C(N)=O)cc2OCC(C)C)ccc1[N+](=O)[O-].COC(=O)c1ccc(NC(=O)c2ccc(NC(=O)CN)c(OCC(C)C)c2)c(OCC(C)C)c1. The van der Waals surface area contributed by atoms with Crippen molar-refractivity contribution in [3.8, 4) is 46.0 Å². The van der Waals surface area contributed by atoms with Gasteiger partial charge in [0.25, 0.3) is 23.6 Å². The minimum Gasteiger partial charge on any atom is -0.495 e. The van der Waals surface area contributed by atoms with Crippen molar-refractivity contribution in [1.29, 1.82) is 0 Å². The first-order valence-electron chi connectivity index (χ1n) is 39.0. The van der Waals surface area contributed by atoms with Gasteiger partial charge in [0, 0.05) is 69.8 Å². The van der Waals surface area contributed by atoms with E-state index in [0.29, 0.717) is 102 Å². The molecular weight excluding hydrogens is 1610 g/mol. The molecule has 1 unspecified atom stereocenters. The van der Waals surface area contributed by atoms with E-state index in [1.54, 1.807) is 37.3 Å². The molecule has 0 saturated heterocycles. The Morgan fingerprint density at radius 2 is 0.710 bits per heavy atom. The van der Waals surface area contributed by atoms with Gasteiger partial charge in [-0.2, -0.15) is 0 Å². The number of nitrogens with one attached hydrogen (secondary N) is 5. The monoisotopic (exact) mass is 1720 g/mol. The molecule has 36 nitrogen and oxygen atoms in total. The van der Waals surface area contributed by atoms with Gasteiger partial charge >= 0.3 is 29.0 Å². The van der Waals surface area contributed by atoms with E-state index in [-0.39, 0.29) is 122 Å². The lowest BCUT2D eigenvalue weighted by molar-refractivity contribution is -0.386. The van der Waals surface area contributed by atoms with Gasteiger partial charge < -0.3 is 91.2 Å². The third kappa shape index (κ3) is 31.5. The Bertz CT molecular complexity index is 5130. The number of amides is 7. The summed E-state index contributed by atoms with van der Waals surface area (Å²) in [5.74, 6) is -2.12. The highest BCUT2D eigenvalue weighted by Crippen LogP contribution is 2.37. The van der Waals surface area contributed by atoms with Crippen LogP contribution >= 0.6 is 0 Å². The lowest BCUT2D eigenvalue weighted by Crippen LogP contribution is -2.22. The van der Waals surface area contributed by atoms with E-state index in [9.17, 15) is 73.5 Å². The van der Waals surface area contributed by atoms with Crippen LogP contribution in [0.25, 0.3) is 0 Å². The first kappa shape index (κ1) is 99.9. The number of rotatable bonds is 40. The fraction of sp³-hybridized carbons (Fsp3) is 0.330. The number of nitro groups is 3. The number of methoxy groups -OCH3 is 3. The third-order valence-electron chi connectivity index (χ3n) is 16.8. The zero-order chi connectivity index (χ0) is 92.0. The van der Waals surface area contributed by atoms with Crippen molar-refractivity contribution >= 4 is 98.8 Å². The number of benzene rings is 8. The molecule has 0 saturated carbocycles. The quantitative estimate of drug-likeness (QED) is 0.00581. The van der Waals surface area contributed by atoms with Gasteiger partial charge in [-0.25, -0.2) is 9.59 Å². The van der Waals surface area contributed by atoms with Crippen LogP contribution in [0.3, 0.4) is 0 Å². The molecule has 1 atom stereocenters. The number of hydrogen-bond acceptors (Lipinski definition) is 26. The molecule has 0 aromatic heterocycles. The van der Waals surface area contributed by atoms with Crippen molar-refractivity contribution in [3.63, 3.8) is 0 Å². The van der Waals surface area contributed by atoms with Gasteiger partial charge in [0.15, 0.2) is 17.2 Å². The van der Waals surface area contributed by atoms with Gasteiger partial charge in [-0.1, -0.05) is 88.3 Å². The Kier molecular flexibility index (Phi) is 40.1. The third-order valence-corrected chi connectivity index (χ3v) is 16.8. The van der Waals surface area contributed by atoms with Crippen molar-refractivity contribution < 1.29 is 105 Å². The fourth-order valence-corrected chi connectivity index (χ4v) is 10.2. The molecule has 0 aliphatic heterocycles. The molecule has 0 aliphatic rings. The average Bonchev–Trinajstić information content (AvgIpc) is 0.823. The molecule has 0 aliphatic carbocycles. The number of carbonyl (C=O) groups is 9. The van der Waals surface area contributed by atoms with Crippen molar-refractivity contribution in [3.05, 3.63) is 233 Å². The summed E-state index contributed by atoms with van der Waals surface area (Å²) in [7, 11) is 3.96. The zero-order valence-corrected chi connectivity index (χ0v) is 71.4. The molecule has 0 spiro atoms. The molecule has 36 heteroatoms. The minimum absolute atomic E-state index is 0.0207. The van der Waals surface area contributed by atoms with E-state index in [2.05, 4.69) is 33.2 Å². The van der Waals surface area contributed by atoms with Crippen molar-refractivity contribution in [2.45, 2.75) is 102 Å². The molecule has 0 fully saturated rings. The van der Waals surface area contributed by atoms with Gasteiger partial charge in [0.2, 0.25) is 17.7 Å². The smallest absolute Gasteiger partial charge is 0.338 e. The number of carbonyl (C=O) groups excluding carboxylic acids is 9. The molecule has 0 radical (unpaired) electrons. The number of primary amides is 2.